The number of rotatable bonds is 3. The highest BCUT2D eigenvalue weighted by atomic mass is 15.1. The van der Waals surface area contributed by atoms with Crippen molar-refractivity contribution in [3.05, 3.63) is 65.2 Å². The fourth-order valence-electron chi connectivity index (χ4n) is 2.78. The molecule has 2 N–H and O–H groups in total. The first-order valence-corrected chi connectivity index (χ1v) is 6.95. The van der Waals surface area contributed by atoms with Crippen molar-refractivity contribution in [2.24, 2.45) is 0 Å². The zero-order chi connectivity index (χ0) is 13.1. The third kappa shape index (κ3) is 2.96. The lowest BCUT2D eigenvalue weighted by atomic mass is 9.99. The number of nitrogens with two attached hydrogens (primary N) is 1. The number of nitrogens with zero attached hydrogens (tertiary/aromatic N) is 1. The van der Waals surface area contributed by atoms with Gasteiger partial charge in [0.15, 0.2) is 0 Å². The molecule has 0 amide bonds. The van der Waals surface area contributed by atoms with Gasteiger partial charge in [-0.05, 0) is 41.7 Å². The molecule has 2 nitrogen and oxygen atoms in total. The molecule has 0 saturated carbocycles. The van der Waals surface area contributed by atoms with Gasteiger partial charge >= 0.3 is 0 Å². The third-order valence-electron chi connectivity index (χ3n) is 3.88. The molecular weight excluding hydrogens is 232 g/mol. The van der Waals surface area contributed by atoms with E-state index in [9.17, 15) is 0 Å². The zero-order valence-corrected chi connectivity index (χ0v) is 11.2. The van der Waals surface area contributed by atoms with E-state index in [0.717, 1.165) is 25.2 Å². The molecule has 1 heterocycles. The molecule has 0 aromatic heterocycles. The highest BCUT2D eigenvalue weighted by Gasteiger charge is 2.14. The molecule has 0 aliphatic carbocycles. The Hall–Kier alpha value is -1.80. The largest absolute Gasteiger partial charge is 0.399 e. The van der Waals surface area contributed by atoms with Crippen LogP contribution in [-0.2, 0) is 19.4 Å². The summed E-state index contributed by atoms with van der Waals surface area (Å²) < 4.78 is 0. The smallest absolute Gasteiger partial charge is 0.0316 e. The summed E-state index contributed by atoms with van der Waals surface area (Å²) in [5.74, 6) is 0. The van der Waals surface area contributed by atoms with E-state index in [0.29, 0.717) is 0 Å². The third-order valence-corrected chi connectivity index (χ3v) is 3.88. The summed E-state index contributed by atoms with van der Waals surface area (Å²) in [7, 11) is 0. The van der Waals surface area contributed by atoms with Crippen LogP contribution in [0.15, 0.2) is 48.5 Å². The van der Waals surface area contributed by atoms with E-state index in [2.05, 4.69) is 41.3 Å². The van der Waals surface area contributed by atoms with Crippen molar-refractivity contribution in [3.8, 4) is 0 Å². The van der Waals surface area contributed by atoms with Gasteiger partial charge in [0.25, 0.3) is 0 Å². The molecule has 0 unspecified atom stereocenters. The summed E-state index contributed by atoms with van der Waals surface area (Å²) in [6.45, 7) is 3.36. The molecule has 19 heavy (non-hydrogen) atoms. The first kappa shape index (κ1) is 12.2. The van der Waals surface area contributed by atoms with Crippen LogP contribution in [0.3, 0.4) is 0 Å². The lowest BCUT2D eigenvalue weighted by molar-refractivity contribution is 0.257. The van der Waals surface area contributed by atoms with Crippen LogP contribution in [-0.4, -0.2) is 18.0 Å². The number of fused-ring (bicyclic) bond motifs is 1. The molecule has 3 rings (SSSR count). The van der Waals surface area contributed by atoms with Crippen LogP contribution >= 0.6 is 0 Å². The van der Waals surface area contributed by atoms with E-state index in [1.165, 1.54) is 29.7 Å². The minimum absolute atomic E-state index is 0.862. The van der Waals surface area contributed by atoms with E-state index in [1.807, 2.05) is 12.1 Å². The first-order chi connectivity index (χ1) is 9.31. The van der Waals surface area contributed by atoms with Crippen molar-refractivity contribution in [2.75, 3.05) is 18.8 Å². The topological polar surface area (TPSA) is 29.3 Å². The van der Waals surface area contributed by atoms with Crippen molar-refractivity contribution >= 4 is 5.69 Å². The van der Waals surface area contributed by atoms with Gasteiger partial charge in [0.05, 0.1) is 0 Å². The Morgan fingerprint density at radius 2 is 1.84 bits per heavy atom. The Labute approximate surface area is 114 Å². The van der Waals surface area contributed by atoms with Crippen LogP contribution in [0.5, 0.6) is 0 Å². The quantitative estimate of drug-likeness (QED) is 0.851. The Bertz CT molecular complexity index is 563. The predicted molar refractivity (Wildman–Crippen MR) is 80.0 cm³/mol. The van der Waals surface area contributed by atoms with Crippen LogP contribution in [0.2, 0.25) is 0 Å². The van der Waals surface area contributed by atoms with Gasteiger partial charge in [-0.2, -0.15) is 0 Å². The second kappa shape index (κ2) is 5.45. The van der Waals surface area contributed by atoms with Crippen LogP contribution in [0.1, 0.15) is 16.7 Å². The molecule has 0 fully saturated rings. The van der Waals surface area contributed by atoms with Gasteiger partial charge in [0, 0.05) is 25.3 Å². The standard InChI is InChI=1S/C17H20N2/c18-17-7-3-4-14(12-17)8-10-19-11-9-15-5-1-2-6-16(15)13-19/h1-7,12H,8-11,13,18H2. The molecule has 0 bridgehead atoms. The fraction of sp³-hybridized carbons (Fsp3) is 0.294. The fourth-order valence-corrected chi connectivity index (χ4v) is 2.78. The minimum Gasteiger partial charge on any atom is -0.399 e. The molecule has 0 atom stereocenters. The average Bonchev–Trinajstić information content (AvgIpc) is 2.45. The van der Waals surface area contributed by atoms with E-state index in [4.69, 9.17) is 5.73 Å². The van der Waals surface area contributed by atoms with E-state index >= 15 is 0 Å². The first-order valence-electron chi connectivity index (χ1n) is 6.95. The summed E-state index contributed by atoms with van der Waals surface area (Å²) in [6.07, 6.45) is 2.25. The van der Waals surface area contributed by atoms with Gasteiger partial charge in [-0.3, -0.25) is 4.90 Å². The van der Waals surface area contributed by atoms with Crippen molar-refractivity contribution in [1.82, 2.24) is 4.90 Å². The maximum Gasteiger partial charge on any atom is 0.0316 e. The van der Waals surface area contributed by atoms with Crippen molar-refractivity contribution in [1.29, 1.82) is 0 Å². The average molecular weight is 252 g/mol. The van der Waals surface area contributed by atoms with Gasteiger partial charge in [0.2, 0.25) is 0 Å². The van der Waals surface area contributed by atoms with Crippen molar-refractivity contribution in [3.63, 3.8) is 0 Å². The summed E-state index contributed by atoms with van der Waals surface area (Å²) in [5.41, 5.74) is 11.0. The molecule has 98 valence electrons. The van der Waals surface area contributed by atoms with E-state index < -0.39 is 0 Å². The lowest BCUT2D eigenvalue weighted by Gasteiger charge is -2.28. The molecule has 2 aromatic rings. The lowest BCUT2D eigenvalue weighted by Crippen LogP contribution is -2.32. The summed E-state index contributed by atoms with van der Waals surface area (Å²) in [5, 5.41) is 0. The zero-order valence-electron chi connectivity index (χ0n) is 11.2. The molecule has 1 aliphatic heterocycles. The molecule has 2 aromatic carbocycles. The van der Waals surface area contributed by atoms with Gasteiger partial charge in [-0.25, -0.2) is 0 Å². The highest BCUT2D eigenvalue weighted by Crippen LogP contribution is 2.18. The minimum atomic E-state index is 0.862. The molecule has 2 heteroatoms. The van der Waals surface area contributed by atoms with Crippen LogP contribution < -0.4 is 5.73 Å². The molecular formula is C17H20N2. The number of benzene rings is 2. The summed E-state index contributed by atoms with van der Waals surface area (Å²) >= 11 is 0. The monoisotopic (exact) mass is 252 g/mol. The predicted octanol–water partition coefficient (Wildman–Crippen LogP) is 2.87. The summed E-state index contributed by atoms with van der Waals surface area (Å²) in [4.78, 5) is 2.53. The SMILES string of the molecule is Nc1cccc(CCN2CCc3ccccc3C2)c1. The Morgan fingerprint density at radius 3 is 2.68 bits per heavy atom. The van der Waals surface area contributed by atoms with Gasteiger partial charge in [-0.1, -0.05) is 36.4 Å². The molecule has 0 radical (unpaired) electrons. The second-order valence-electron chi connectivity index (χ2n) is 5.29. The van der Waals surface area contributed by atoms with Crippen molar-refractivity contribution in [2.45, 2.75) is 19.4 Å². The molecule has 0 spiro atoms. The summed E-state index contributed by atoms with van der Waals surface area (Å²) in [6, 6.07) is 17.0. The van der Waals surface area contributed by atoms with E-state index in [1.54, 1.807) is 0 Å². The Morgan fingerprint density at radius 1 is 1.00 bits per heavy atom. The van der Waals surface area contributed by atoms with Crippen LogP contribution in [0.25, 0.3) is 0 Å². The van der Waals surface area contributed by atoms with Crippen molar-refractivity contribution < 1.29 is 0 Å². The Balaban J connectivity index is 1.61. The normalized spacial score (nSPS) is 15.2. The van der Waals surface area contributed by atoms with Crippen LogP contribution in [0.4, 0.5) is 5.69 Å². The van der Waals surface area contributed by atoms with Gasteiger partial charge in [-0.15, -0.1) is 0 Å². The van der Waals surface area contributed by atoms with Gasteiger partial charge < -0.3 is 5.73 Å². The number of hydrogen-bond acceptors (Lipinski definition) is 2. The maximum absolute atomic E-state index is 5.82. The number of anilines is 1. The molecule has 1 aliphatic rings. The Kier molecular flexibility index (Phi) is 3.51. The van der Waals surface area contributed by atoms with Crippen LogP contribution in [0, 0.1) is 0 Å². The number of nitrogen functional groups attached to an aromatic ring is 1. The number of hydrogen-bond donors (Lipinski definition) is 1. The maximum atomic E-state index is 5.82. The highest BCUT2D eigenvalue weighted by molar-refractivity contribution is 5.40. The van der Waals surface area contributed by atoms with Gasteiger partial charge in [0.1, 0.15) is 0 Å². The second-order valence-corrected chi connectivity index (χ2v) is 5.29. The molecule has 0 saturated heterocycles. The van der Waals surface area contributed by atoms with E-state index in [-0.39, 0.29) is 0 Å².